The number of aliphatic imine (C=N–C) groups is 1. The highest BCUT2D eigenvalue weighted by Crippen LogP contribution is 2.26. The second kappa shape index (κ2) is 5.49. The third-order valence-corrected chi connectivity index (χ3v) is 2.72. The van der Waals surface area contributed by atoms with Crippen LogP contribution in [-0.2, 0) is 0 Å². The molecule has 0 saturated carbocycles. The summed E-state index contributed by atoms with van der Waals surface area (Å²) in [5.41, 5.74) is 0.738. The summed E-state index contributed by atoms with van der Waals surface area (Å²) in [4.78, 5) is 14.2. The molecule has 0 radical (unpaired) electrons. The zero-order chi connectivity index (χ0) is 13.8. The lowest BCUT2D eigenvalue weighted by atomic mass is 10.2. The number of benzene rings is 2. The number of nitro groups is 1. The number of phenolic OH excluding ortho intramolecular Hbond substituents is 1. The van der Waals surface area contributed by atoms with Gasteiger partial charge in [-0.25, -0.2) is 0 Å². The van der Waals surface area contributed by atoms with Crippen molar-refractivity contribution in [1.82, 2.24) is 0 Å². The van der Waals surface area contributed by atoms with Gasteiger partial charge in [0.2, 0.25) is 0 Å². The number of aromatic hydroxyl groups is 1. The van der Waals surface area contributed by atoms with Crippen molar-refractivity contribution in [2.24, 2.45) is 4.99 Å². The fourth-order valence-corrected chi connectivity index (χ4v) is 1.65. The molecule has 0 aromatic heterocycles. The second-order valence-electron chi connectivity index (χ2n) is 3.71. The summed E-state index contributed by atoms with van der Waals surface area (Å²) >= 11 is 5.71. The van der Waals surface area contributed by atoms with E-state index in [1.807, 2.05) is 0 Å². The number of halogens is 1. The molecular weight excluding hydrogens is 268 g/mol. The Labute approximate surface area is 113 Å². The molecule has 0 bridgehead atoms. The molecule has 1 N–H and O–H groups in total. The van der Waals surface area contributed by atoms with Crippen LogP contribution < -0.4 is 0 Å². The van der Waals surface area contributed by atoms with Crippen LogP contribution in [0.5, 0.6) is 5.75 Å². The molecule has 0 heterocycles. The van der Waals surface area contributed by atoms with Crippen molar-refractivity contribution in [3.05, 3.63) is 63.2 Å². The highest BCUT2D eigenvalue weighted by Gasteiger charge is 2.11. The molecule has 2 rings (SSSR count). The van der Waals surface area contributed by atoms with Crippen LogP contribution in [-0.4, -0.2) is 16.2 Å². The zero-order valence-corrected chi connectivity index (χ0v) is 10.4. The van der Waals surface area contributed by atoms with Crippen LogP contribution in [0.3, 0.4) is 0 Å². The Morgan fingerprint density at radius 1 is 1.26 bits per heavy atom. The van der Waals surface area contributed by atoms with Crippen molar-refractivity contribution in [3.8, 4) is 5.75 Å². The van der Waals surface area contributed by atoms with Crippen molar-refractivity contribution in [3.63, 3.8) is 0 Å². The van der Waals surface area contributed by atoms with Gasteiger partial charge in [-0.3, -0.25) is 15.1 Å². The summed E-state index contributed by atoms with van der Waals surface area (Å²) in [5.74, 6) is 0.0437. The maximum atomic E-state index is 10.7. The first-order valence-electron chi connectivity index (χ1n) is 5.34. The third kappa shape index (κ3) is 3.08. The summed E-state index contributed by atoms with van der Waals surface area (Å²) in [5, 5.41) is 20.3. The fraction of sp³-hybridized carbons (Fsp3) is 0. The van der Waals surface area contributed by atoms with Gasteiger partial charge in [-0.1, -0.05) is 29.8 Å². The first-order chi connectivity index (χ1) is 9.08. The predicted molar refractivity (Wildman–Crippen MR) is 73.5 cm³/mol. The van der Waals surface area contributed by atoms with Gasteiger partial charge < -0.3 is 5.11 Å². The molecule has 0 atom stereocenters. The largest absolute Gasteiger partial charge is 0.506 e. The molecule has 0 unspecified atom stereocenters. The Morgan fingerprint density at radius 2 is 2.00 bits per heavy atom. The van der Waals surface area contributed by atoms with Gasteiger partial charge >= 0.3 is 0 Å². The smallest absolute Gasteiger partial charge is 0.288 e. The van der Waals surface area contributed by atoms with Gasteiger partial charge in [0, 0.05) is 12.3 Å². The maximum absolute atomic E-state index is 10.7. The Morgan fingerprint density at radius 3 is 2.68 bits per heavy atom. The fourth-order valence-electron chi connectivity index (χ4n) is 1.47. The maximum Gasteiger partial charge on any atom is 0.288 e. The van der Waals surface area contributed by atoms with Crippen molar-refractivity contribution in [2.75, 3.05) is 0 Å². The quantitative estimate of drug-likeness (QED) is 0.527. The van der Waals surface area contributed by atoms with Gasteiger partial charge in [0.25, 0.3) is 5.69 Å². The molecule has 0 saturated heterocycles. The molecule has 19 heavy (non-hydrogen) atoms. The lowest BCUT2D eigenvalue weighted by Gasteiger charge is -1.98. The van der Waals surface area contributed by atoms with Crippen LogP contribution in [0.15, 0.2) is 47.5 Å². The lowest BCUT2D eigenvalue weighted by molar-refractivity contribution is -0.384. The third-order valence-electron chi connectivity index (χ3n) is 2.40. The molecular formula is C13H9ClN2O3. The van der Waals surface area contributed by atoms with Crippen LogP contribution >= 0.6 is 11.6 Å². The number of para-hydroxylation sites is 2. The molecule has 0 aliphatic heterocycles. The SMILES string of the molecule is O=[N+]([O-])c1cc(C=Nc2ccccc2O)ccc1Cl. The van der Waals surface area contributed by atoms with Crippen molar-refractivity contribution in [2.45, 2.75) is 0 Å². The first kappa shape index (κ1) is 13.0. The highest BCUT2D eigenvalue weighted by atomic mass is 35.5. The molecule has 6 heteroatoms. The van der Waals surface area contributed by atoms with E-state index < -0.39 is 4.92 Å². The van der Waals surface area contributed by atoms with E-state index in [0.717, 1.165) is 0 Å². The molecule has 0 spiro atoms. The summed E-state index contributed by atoms with van der Waals surface area (Å²) in [7, 11) is 0. The van der Waals surface area contributed by atoms with Crippen molar-refractivity contribution < 1.29 is 10.0 Å². The van der Waals surface area contributed by atoms with Gasteiger partial charge in [-0.2, -0.15) is 0 Å². The number of nitro benzene ring substituents is 1. The normalized spacial score (nSPS) is 10.8. The van der Waals surface area contributed by atoms with E-state index in [-0.39, 0.29) is 16.5 Å². The molecule has 5 nitrogen and oxygen atoms in total. The first-order valence-corrected chi connectivity index (χ1v) is 5.72. The van der Waals surface area contributed by atoms with E-state index in [2.05, 4.69) is 4.99 Å². The monoisotopic (exact) mass is 276 g/mol. The molecule has 2 aromatic rings. The van der Waals surface area contributed by atoms with Crippen LogP contribution in [0, 0.1) is 10.1 Å². The van der Waals surface area contributed by atoms with E-state index in [0.29, 0.717) is 11.3 Å². The average molecular weight is 277 g/mol. The van der Waals surface area contributed by atoms with Crippen molar-refractivity contribution >= 4 is 29.2 Å². The topological polar surface area (TPSA) is 75.7 Å². The van der Waals surface area contributed by atoms with Gasteiger partial charge in [-0.15, -0.1) is 0 Å². The second-order valence-corrected chi connectivity index (χ2v) is 4.12. The standard InChI is InChI=1S/C13H9ClN2O3/c14-10-6-5-9(7-12(10)16(18)19)8-15-11-3-1-2-4-13(11)17/h1-8,17H. The van der Waals surface area contributed by atoms with Gasteiger partial charge in [0.1, 0.15) is 16.5 Å². The Hall–Kier alpha value is -2.40. The summed E-state index contributed by atoms with van der Waals surface area (Å²) in [6.07, 6.45) is 1.43. The minimum absolute atomic E-state index is 0.0437. The number of nitrogens with zero attached hydrogens (tertiary/aromatic N) is 2. The van der Waals surface area contributed by atoms with Gasteiger partial charge in [0.15, 0.2) is 0 Å². The molecule has 96 valence electrons. The van der Waals surface area contributed by atoms with Crippen LogP contribution in [0.4, 0.5) is 11.4 Å². The molecule has 0 aliphatic rings. The Balaban J connectivity index is 2.32. The van der Waals surface area contributed by atoms with Gasteiger partial charge in [0.05, 0.1) is 4.92 Å². The van der Waals surface area contributed by atoms with E-state index in [4.69, 9.17) is 11.6 Å². The van der Waals surface area contributed by atoms with Crippen LogP contribution in [0.2, 0.25) is 5.02 Å². The minimum atomic E-state index is -0.556. The average Bonchev–Trinajstić information content (AvgIpc) is 2.39. The number of rotatable bonds is 3. The summed E-state index contributed by atoms with van der Waals surface area (Å²) < 4.78 is 0. The van der Waals surface area contributed by atoms with Crippen molar-refractivity contribution in [1.29, 1.82) is 0 Å². The highest BCUT2D eigenvalue weighted by molar-refractivity contribution is 6.32. The Kier molecular flexibility index (Phi) is 3.77. The molecule has 2 aromatic carbocycles. The van der Waals surface area contributed by atoms with Crippen LogP contribution in [0.25, 0.3) is 0 Å². The minimum Gasteiger partial charge on any atom is -0.506 e. The molecule has 0 aliphatic carbocycles. The van der Waals surface area contributed by atoms with Gasteiger partial charge in [-0.05, 0) is 23.8 Å². The molecule has 0 fully saturated rings. The Bertz CT molecular complexity index is 656. The van der Waals surface area contributed by atoms with E-state index in [1.165, 1.54) is 24.4 Å². The number of phenols is 1. The zero-order valence-electron chi connectivity index (χ0n) is 9.65. The molecule has 0 amide bonds. The number of hydrogen-bond acceptors (Lipinski definition) is 4. The predicted octanol–water partition coefficient (Wildman–Crippen LogP) is 3.70. The lowest BCUT2D eigenvalue weighted by Crippen LogP contribution is -1.91. The van der Waals surface area contributed by atoms with E-state index >= 15 is 0 Å². The summed E-state index contributed by atoms with van der Waals surface area (Å²) in [6.45, 7) is 0. The van der Waals surface area contributed by atoms with E-state index in [9.17, 15) is 15.2 Å². The van der Waals surface area contributed by atoms with E-state index in [1.54, 1.807) is 24.3 Å². The van der Waals surface area contributed by atoms with Crippen LogP contribution in [0.1, 0.15) is 5.56 Å². The summed E-state index contributed by atoms with van der Waals surface area (Å²) in [6, 6.07) is 10.9. The number of hydrogen-bond donors (Lipinski definition) is 1.